The number of nitrogens with zero attached hydrogens (tertiary/aromatic N) is 1. The van der Waals surface area contributed by atoms with Gasteiger partial charge in [-0.2, -0.15) is 0 Å². The van der Waals surface area contributed by atoms with Gasteiger partial charge in [0.25, 0.3) is 0 Å². The predicted octanol–water partition coefficient (Wildman–Crippen LogP) is 3.44. The second-order valence-electron chi connectivity index (χ2n) is 4.86. The average molecular weight is 317 g/mol. The number of rotatable bonds is 7. The standard InChI is InChI=1S/C17H23N3OS/c1-3-18-17(20-13-15-5-4-11-21-15)19-10-12-22-16-8-6-14(2)7-9-16/h4-9,11H,3,10,12-13H2,1-2H3,(H2,18,19,20). The maximum absolute atomic E-state index is 5.29. The summed E-state index contributed by atoms with van der Waals surface area (Å²) in [6.45, 7) is 6.42. The highest BCUT2D eigenvalue weighted by molar-refractivity contribution is 7.99. The number of aliphatic imine (C=N–C) groups is 1. The Morgan fingerprint density at radius 3 is 2.68 bits per heavy atom. The molecule has 2 N–H and O–H groups in total. The van der Waals surface area contributed by atoms with Crippen LogP contribution in [0.25, 0.3) is 0 Å². The van der Waals surface area contributed by atoms with Crippen molar-refractivity contribution < 1.29 is 4.42 Å². The van der Waals surface area contributed by atoms with Crippen molar-refractivity contribution in [1.82, 2.24) is 10.6 Å². The number of hydrogen-bond acceptors (Lipinski definition) is 3. The second-order valence-corrected chi connectivity index (χ2v) is 6.03. The molecule has 118 valence electrons. The molecule has 0 radical (unpaired) electrons. The van der Waals surface area contributed by atoms with Crippen LogP contribution in [-0.4, -0.2) is 24.8 Å². The van der Waals surface area contributed by atoms with Gasteiger partial charge in [0.2, 0.25) is 0 Å². The lowest BCUT2D eigenvalue weighted by Gasteiger charge is -2.10. The number of benzene rings is 1. The number of hydrogen-bond donors (Lipinski definition) is 2. The van der Waals surface area contributed by atoms with Gasteiger partial charge in [-0.25, -0.2) is 4.99 Å². The van der Waals surface area contributed by atoms with Crippen LogP contribution < -0.4 is 10.6 Å². The van der Waals surface area contributed by atoms with E-state index >= 15 is 0 Å². The third kappa shape index (κ3) is 5.85. The molecule has 0 saturated heterocycles. The molecule has 2 rings (SSSR count). The zero-order chi connectivity index (χ0) is 15.6. The summed E-state index contributed by atoms with van der Waals surface area (Å²) >= 11 is 1.84. The van der Waals surface area contributed by atoms with Gasteiger partial charge in [-0.15, -0.1) is 11.8 Å². The summed E-state index contributed by atoms with van der Waals surface area (Å²) in [4.78, 5) is 5.80. The largest absolute Gasteiger partial charge is 0.467 e. The first-order chi connectivity index (χ1) is 10.8. The van der Waals surface area contributed by atoms with E-state index in [4.69, 9.17) is 4.42 Å². The SMILES string of the molecule is CCNC(=NCc1ccco1)NCCSc1ccc(C)cc1. The molecule has 1 aromatic heterocycles. The van der Waals surface area contributed by atoms with Crippen LogP contribution in [0, 0.1) is 6.92 Å². The molecule has 4 nitrogen and oxygen atoms in total. The van der Waals surface area contributed by atoms with E-state index in [0.717, 1.165) is 30.6 Å². The van der Waals surface area contributed by atoms with Crippen LogP contribution >= 0.6 is 11.8 Å². The van der Waals surface area contributed by atoms with Crippen molar-refractivity contribution in [2.45, 2.75) is 25.3 Å². The van der Waals surface area contributed by atoms with Crippen molar-refractivity contribution in [3.05, 3.63) is 54.0 Å². The number of guanidine groups is 1. The van der Waals surface area contributed by atoms with Gasteiger partial charge in [-0.05, 0) is 38.1 Å². The molecule has 2 aromatic rings. The molecule has 0 atom stereocenters. The van der Waals surface area contributed by atoms with Crippen molar-refractivity contribution in [3.8, 4) is 0 Å². The first-order valence-electron chi connectivity index (χ1n) is 7.52. The van der Waals surface area contributed by atoms with Crippen molar-refractivity contribution in [2.24, 2.45) is 4.99 Å². The highest BCUT2D eigenvalue weighted by atomic mass is 32.2. The molecule has 0 unspecified atom stereocenters. The van der Waals surface area contributed by atoms with Crippen LogP contribution in [0.5, 0.6) is 0 Å². The summed E-state index contributed by atoms with van der Waals surface area (Å²) in [5.74, 6) is 2.68. The fraction of sp³-hybridized carbons (Fsp3) is 0.353. The number of thioether (sulfide) groups is 1. The summed E-state index contributed by atoms with van der Waals surface area (Å²) < 4.78 is 5.29. The normalized spacial score (nSPS) is 11.5. The fourth-order valence-corrected chi connectivity index (χ4v) is 2.64. The zero-order valence-corrected chi connectivity index (χ0v) is 14.0. The Bertz CT molecular complexity index is 564. The summed E-state index contributed by atoms with van der Waals surface area (Å²) in [5.41, 5.74) is 1.29. The van der Waals surface area contributed by atoms with E-state index in [9.17, 15) is 0 Å². The maximum Gasteiger partial charge on any atom is 0.191 e. The molecular weight excluding hydrogens is 294 g/mol. The molecule has 0 aliphatic heterocycles. The number of nitrogens with one attached hydrogen (secondary N) is 2. The molecule has 0 spiro atoms. The minimum atomic E-state index is 0.549. The molecule has 0 aliphatic carbocycles. The Balaban J connectivity index is 1.74. The average Bonchev–Trinajstić information content (AvgIpc) is 3.04. The van der Waals surface area contributed by atoms with Crippen molar-refractivity contribution in [3.63, 3.8) is 0 Å². The van der Waals surface area contributed by atoms with Crippen molar-refractivity contribution in [2.75, 3.05) is 18.8 Å². The molecule has 0 amide bonds. The molecule has 1 aromatic carbocycles. The van der Waals surface area contributed by atoms with E-state index in [0.29, 0.717) is 6.54 Å². The van der Waals surface area contributed by atoms with Gasteiger partial charge in [0.15, 0.2) is 5.96 Å². The lowest BCUT2D eigenvalue weighted by molar-refractivity contribution is 0.512. The van der Waals surface area contributed by atoms with Crippen LogP contribution in [0.1, 0.15) is 18.2 Å². The molecular formula is C17H23N3OS. The van der Waals surface area contributed by atoms with Crippen LogP contribution in [-0.2, 0) is 6.54 Å². The van der Waals surface area contributed by atoms with E-state index < -0.39 is 0 Å². The summed E-state index contributed by atoms with van der Waals surface area (Å²) in [6.07, 6.45) is 1.67. The molecule has 0 fully saturated rings. The summed E-state index contributed by atoms with van der Waals surface area (Å²) in [7, 11) is 0. The van der Waals surface area contributed by atoms with Gasteiger partial charge < -0.3 is 15.1 Å². The fourth-order valence-electron chi connectivity index (χ4n) is 1.87. The third-order valence-corrected chi connectivity index (χ3v) is 4.02. The lowest BCUT2D eigenvalue weighted by Crippen LogP contribution is -2.38. The smallest absolute Gasteiger partial charge is 0.191 e. The van der Waals surface area contributed by atoms with E-state index in [-0.39, 0.29) is 0 Å². The van der Waals surface area contributed by atoms with E-state index in [2.05, 4.69) is 53.7 Å². The Morgan fingerprint density at radius 2 is 2.00 bits per heavy atom. The van der Waals surface area contributed by atoms with Crippen LogP contribution in [0.15, 0.2) is 57.0 Å². The van der Waals surface area contributed by atoms with Gasteiger partial charge in [0.05, 0.1) is 6.26 Å². The van der Waals surface area contributed by atoms with Gasteiger partial charge in [0.1, 0.15) is 12.3 Å². The number of furan rings is 1. The zero-order valence-electron chi connectivity index (χ0n) is 13.1. The van der Waals surface area contributed by atoms with E-state index in [1.54, 1.807) is 6.26 Å². The third-order valence-electron chi connectivity index (χ3n) is 3.00. The summed E-state index contributed by atoms with van der Waals surface area (Å²) in [6, 6.07) is 12.4. The van der Waals surface area contributed by atoms with Crippen LogP contribution in [0.2, 0.25) is 0 Å². The molecule has 22 heavy (non-hydrogen) atoms. The van der Waals surface area contributed by atoms with Gasteiger partial charge in [-0.3, -0.25) is 0 Å². The second kappa shape index (κ2) is 9.20. The highest BCUT2D eigenvalue weighted by Crippen LogP contribution is 2.17. The van der Waals surface area contributed by atoms with Crippen molar-refractivity contribution in [1.29, 1.82) is 0 Å². The van der Waals surface area contributed by atoms with Gasteiger partial charge in [0, 0.05) is 23.7 Å². The highest BCUT2D eigenvalue weighted by Gasteiger charge is 1.99. The first kappa shape index (κ1) is 16.5. The quantitative estimate of drug-likeness (QED) is 0.355. The molecule has 5 heteroatoms. The molecule has 0 bridgehead atoms. The lowest BCUT2D eigenvalue weighted by atomic mass is 10.2. The topological polar surface area (TPSA) is 49.6 Å². The van der Waals surface area contributed by atoms with E-state index in [1.807, 2.05) is 23.9 Å². The van der Waals surface area contributed by atoms with Crippen LogP contribution in [0.3, 0.4) is 0 Å². The number of aryl methyl sites for hydroxylation is 1. The van der Waals surface area contributed by atoms with Gasteiger partial charge >= 0.3 is 0 Å². The first-order valence-corrected chi connectivity index (χ1v) is 8.50. The van der Waals surface area contributed by atoms with Crippen molar-refractivity contribution >= 4 is 17.7 Å². The minimum absolute atomic E-state index is 0.549. The molecule has 0 aliphatic rings. The maximum atomic E-state index is 5.29. The Kier molecular flexibility index (Phi) is 6.90. The Hall–Kier alpha value is -1.88. The van der Waals surface area contributed by atoms with Crippen LogP contribution in [0.4, 0.5) is 0 Å². The molecule has 1 heterocycles. The monoisotopic (exact) mass is 317 g/mol. The van der Waals surface area contributed by atoms with E-state index in [1.165, 1.54) is 10.5 Å². The van der Waals surface area contributed by atoms with Gasteiger partial charge in [-0.1, -0.05) is 17.7 Å². The Labute approximate surface area is 136 Å². The molecule has 0 saturated carbocycles. The summed E-state index contributed by atoms with van der Waals surface area (Å²) in [5, 5.41) is 6.58. The Morgan fingerprint density at radius 1 is 1.18 bits per heavy atom. The minimum Gasteiger partial charge on any atom is -0.467 e. The predicted molar refractivity (Wildman–Crippen MR) is 93.4 cm³/mol.